The van der Waals surface area contributed by atoms with Gasteiger partial charge in [0.05, 0.1) is 27.9 Å². The summed E-state index contributed by atoms with van der Waals surface area (Å²) in [5, 5.41) is 8.52. The molecule has 0 radical (unpaired) electrons. The number of pyridine rings is 1. The third-order valence-electron chi connectivity index (χ3n) is 8.78. The minimum absolute atomic E-state index is 0.973. The van der Waals surface area contributed by atoms with Crippen LogP contribution in [0.5, 0.6) is 0 Å². The van der Waals surface area contributed by atoms with Crippen LogP contribution >= 0.6 is 0 Å². The molecule has 2 heteroatoms. The van der Waals surface area contributed by atoms with Gasteiger partial charge in [-0.05, 0) is 56.9 Å². The lowest BCUT2D eigenvalue weighted by molar-refractivity contribution is 1.18. The third kappa shape index (κ3) is 3.63. The Bertz CT molecular complexity index is 2450. The topological polar surface area (TPSA) is 17.8 Å². The van der Waals surface area contributed by atoms with Gasteiger partial charge in [0.2, 0.25) is 0 Å². The summed E-state index contributed by atoms with van der Waals surface area (Å²) < 4.78 is 2.39. The Balaban J connectivity index is 1.45. The summed E-state index contributed by atoms with van der Waals surface area (Å²) in [4.78, 5) is 5.51. The molecule has 0 unspecified atom stereocenters. The lowest BCUT2D eigenvalue weighted by Crippen LogP contribution is -1.99. The highest BCUT2D eigenvalue weighted by Gasteiger charge is 2.19. The van der Waals surface area contributed by atoms with E-state index in [0.717, 1.165) is 27.8 Å². The van der Waals surface area contributed by atoms with Crippen molar-refractivity contribution in [2.24, 2.45) is 0 Å². The van der Waals surface area contributed by atoms with Gasteiger partial charge in [0.15, 0.2) is 0 Å². The van der Waals surface area contributed by atoms with Gasteiger partial charge in [-0.15, -0.1) is 0 Å². The molecule has 9 rings (SSSR count). The number of nitrogens with zero attached hydrogens (tertiary/aromatic N) is 2. The minimum Gasteiger partial charge on any atom is -0.307 e. The molecule has 0 spiro atoms. The van der Waals surface area contributed by atoms with Gasteiger partial charge in [-0.25, -0.2) is 4.98 Å². The van der Waals surface area contributed by atoms with E-state index in [0.29, 0.717) is 0 Å². The molecule has 43 heavy (non-hydrogen) atoms. The molecule has 0 amide bonds. The summed E-state index contributed by atoms with van der Waals surface area (Å²) in [5.74, 6) is 0. The second-order valence-corrected chi connectivity index (χ2v) is 11.2. The molecule has 2 heterocycles. The van der Waals surface area contributed by atoms with Crippen molar-refractivity contribution < 1.29 is 0 Å². The summed E-state index contributed by atoms with van der Waals surface area (Å²) in [6.45, 7) is 0. The quantitative estimate of drug-likeness (QED) is 0.215. The third-order valence-corrected chi connectivity index (χ3v) is 8.78. The fourth-order valence-electron chi connectivity index (χ4n) is 6.87. The van der Waals surface area contributed by atoms with E-state index in [1.54, 1.807) is 0 Å². The van der Waals surface area contributed by atoms with Crippen LogP contribution in [0, 0.1) is 0 Å². The average Bonchev–Trinajstić information content (AvgIpc) is 3.41. The SMILES string of the molecule is c1ccc2c(-c3cc(-c4cccc5ccccc45)c4cccc(-n5c6ccccc6c6ccccc65)c4n3)cccc2c1. The van der Waals surface area contributed by atoms with Gasteiger partial charge in [-0.3, -0.25) is 0 Å². The van der Waals surface area contributed by atoms with Crippen LogP contribution in [0.2, 0.25) is 0 Å². The Morgan fingerprint density at radius 1 is 0.372 bits per heavy atom. The van der Waals surface area contributed by atoms with Gasteiger partial charge in [-0.1, -0.05) is 133 Å². The van der Waals surface area contributed by atoms with E-state index in [1.807, 2.05) is 0 Å². The Morgan fingerprint density at radius 3 is 1.53 bits per heavy atom. The number of hydrogen-bond acceptors (Lipinski definition) is 1. The largest absolute Gasteiger partial charge is 0.307 e. The fourth-order valence-corrected chi connectivity index (χ4v) is 6.87. The molecule has 0 aliphatic heterocycles. The van der Waals surface area contributed by atoms with Gasteiger partial charge in [-0.2, -0.15) is 0 Å². The van der Waals surface area contributed by atoms with Crippen molar-refractivity contribution in [3.8, 4) is 28.1 Å². The number of rotatable bonds is 3. The number of aromatic nitrogens is 2. The van der Waals surface area contributed by atoms with Crippen LogP contribution in [0.3, 0.4) is 0 Å². The average molecular weight is 547 g/mol. The molecule has 0 bridgehead atoms. The van der Waals surface area contributed by atoms with Crippen LogP contribution in [0.4, 0.5) is 0 Å². The normalized spacial score (nSPS) is 11.7. The highest BCUT2D eigenvalue weighted by atomic mass is 15.0. The molecule has 0 aliphatic rings. The number of fused-ring (bicyclic) bond motifs is 6. The van der Waals surface area contributed by atoms with E-state index >= 15 is 0 Å². The monoisotopic (exact) mass is 546 g/mol. The van der Waals surface area contributed by atoms with Crippen molar-refractivity contribution in [3.05, 3.63) is 158 Å². The Hall–Kier alpha value is -5.73. The first-order valence-electron chi connectivity index (χ1n) is 14.7. The van der Waals surface area contributed by atoms with Crippen LogP contribution in [0.25, 0.3) is 82.3 Å². The minimum atomic E-state index is 0.973. The summed E-state index contributed by atoms with van der Waals surface area (Å²) in [6.07, 6.45) is 0. The second kappa shape index (κ2) is 9.40. The zero-order valence-electron chi connectivity index (χ0n) is 23.4. The predicted octanol–water partition coefficient (Wildman–Crippen LogP) is 11.0. The Morgan fingerprint density at radius 2 is 0.860 bits per heavy atom. The predicted molar refractivity (Wildman–Crippen MR) is 182 cm³/mol. The van der Waals surface area contributed by atoms with E-state index < -0.39 is 0 Å². The van der Waals surface area contributed by atoms with Crippen LogP contribution in [0.15, 0.2) is 158 Å². The zero-order valence-corrected chi connectivity index (χ0v) is 23.4. The molecule has 2 nitrogen and oxygen atoms in total. The molecule has 9 aromatic rings. The molecule has 0 aliphatic carbocycles. The molecule has 0 saturated heterocycles. The molecule has 0 fully saturated rings. The van der Waals surface area contributed by atoms with Crippen LogP contribution < -0.4 is 0 Å². The maximum Gasteiger partial charge on any atom is 0.0956 e. The number of para-hydroxylation sites is 3. The van der Waals surface area contributed by atoms with E-state index in [2.05, 4.69) is 162 Å². The first-order valence-corrected chi connectivity index (χ1v) is 14.7. The molecular weight excluding hydrogens is 520 g/mol. The number of hydrogen-bond donors (Lipinski definition) is 0. The summed E-state index contributed by atoms with van der Waals surface area (Å²) in [6, 6.07) is 56.6. The van der Waals surface area contributed by atoms with Crippen molar-refractivity contribution >= 4 is 54.3 Å². The van der Waals surface area contributed by atoms with Crippen molar-refractivity contribution in [3.63, 3.8) is 0 Å². The summed E-state index contributed by atoms with van der Waals surface area (Å²) in [7, 11) is 0. The standard InChI is InChI=1S/C41H26N2/c1-3-16-29-27(12-1)14-9-20-31(29)36-26-37(32-21-10-15-28-13-2-4-17-30(28)32)42-41-35(36)22-11-25-40(41)43-38-23-7-5-18-33(38)34-19-6-8-24-39(34)43/h1-26H. The molecular formula is C41H26N2. The van der Waals surface area contributed by atoms with E-state index in [9.17, 15) is 0 Å². The molecule has 200 valence electrons. The smallest absolute Gasteiger partial charge is 0.0956 e. The molecule has 0 N–H and O–H groups in total. The van der Waals surface area contributed by atoms with E-state index in [4.69, 9.17) is 4.98 Å². The first-order chi connectivity index (χ1) is 21.3. The molecule has 2 aromatic heterocycles. The van der Waals surface area contributed by atoms with Crippen molar-refractivity contribution in [1.82, 2.24) is 9.55 Å². The van der Waals surface area contributed by atoms with Crippen molar-refractivity contribution in [2.45, 2.75) is 0 Å². The second-order valence-electron chi connectivity index (χ2n) is 11.2. The maximum atomic E-state index is 5.51. The number of benzene rings is 7. The van der Waals surface area contributed by atoms with E-state index in [-0.39, 0.29) is 0 Å². The van der Waals surface area contributed by atoms with Gasteiger partial charge in [0, 0.05) is 21.7 Å². The van der Waals surface area contributed by atoms with Crippen LogP contribution in [-0.2, 0) is 0 Å². The summed E-state index contributed by atoms with van der Waals surface area (Å²) >= 11 is 0. The van der Waals surface area contributed by atoms with Gasteiger partial charge >= 0.3 is 0 Å². The lowest BCUT2D eigenvalue weighted by Gasteiger charge is -2.17. The Labute approximate surface area is 249 Å². The van der Waals surface area contributed by atoms with Crippen LogP contribution in [-0.4, -0.2) is 9.55 Å². The van der Waals surface area contributed by atoms with Gasteiger partial charge in [0.25, 0.3) is 0 Å². The van der Waals surface area contributed by atoms with E-state index in [1.165, 1.54) is 54.5 Å². The molecule has 0 saturated carbocycles. The fraction of sp³-hybridized carbons (Fsp3) is 0. The van der Waals surface area contributed by atoms with Gasteiger partial charge in [0.1, 0.15) is 0 Å². The van der Waals surface area contributed by atoms with Crippen LogP contribution in [0.1, 0.15) is 0 Å². The molecule has 7 aromatic carbocycles. The lowest BCUT2D eigenvalue weighted by atomic mass is 9.93. The highest BCUT2D eigenvalue weighted by Crippen LogP contribution is 2.41. The van der Waals surface area contributed by atoms with Crippen molar-refractivity contribution in [1.29, 1.82) is 0 Å². The van der Waals surface area contributed by atoms with Crippen molar-refractivity contribution in [2.75, 3.05) is 0 Å². The summed E-state index contributed by atoms with van der Waals surface area (Å²) in [5.41, 5.74) is 8.94. The van der Waals surface area contributed by atoms with Gasteiger partial charge < -0.3 is 4.57 Å². The first kappa shape index (κ1) is 23.9. The maximum absolute atomic E-state index is 5.51. The highest BCUT2D eigenvalue weighted by molar-refractivity contribution is 6.12. The zero-order chi connectivity index (χ0) is 28.3. The molecule has 0 atom stereocenters. The Kier molecular flexibility index (Phi) is 5.23.